The molecule has 3 N–H and O–H groups in total. The number of methoxy groups -OCH3 is 1. The highest BCUT2D eigenvalue weighted by Crippen LogP contribution is 2.23. The van der Waals surface area contributed by atoms with E-state index < -0.39 is 11.9 Å². The van der Waals surface area contributed by atoms with Crippen LogP contribution in [0.15, 0.2) is 55.1 Å². The minimum absolute atomic E-state index is 0.0393. The first-order valence-corrected chi connectivity index (χ1v) is 9.68. The van der Waals surface area contributed by atoms with Gasteiger partial charge in [0.25, 0.3) is 5.91 Å². The van der Waals surface area contributed by atoms with Gasteiger partial charge in [0.2, 0.25) is 5.91 Å². The van der Waals surface area contributed by atoms with Gasteiger partial charge in [-0.15, -0.1) is 0 Å². The maximum absolute atomic E-state index is 12.6. The van der Waals surface area contributed by atoms with Gasteiger partial charge in [-0.25, -0.2) is 5.48 Å². The van der Waals surface area contributed by atoms with Crippen LogP contribution in [-0.2, 0) is 14.3 Å². The van der Waals surface area contributed by atoms with E-state index in [-0.39, 0.29) is 25.7 Å². The van der Waals surface area contributed by atoms with Crippen LogP contribution in [0.4, 0.5) is 0 Å². The molecular formula is C22H25ClN2O5. The summed E-state index contributed by atoms with van der Waals surface area (Å²) in [5.41, 5.74) is 4.68. The lowest BCUT2D eigenvalue weighted by Gasteiger charge is -2.18. The Morgan fingerprint density at radius 1 is 1.07 bits per heavy atom. The summed E-state index contributed by atoms with van der Waals surface area (Å²) in [6.07, 6.45) is 0.338. The number of amides is 2. The van der Waals surface area contributed by atoms with E-state index in [0.29, 0.717) is 17.0 Å². The maximum Gasteiger partial charge on any atom is 0.251 e. The van der Waals surface area contributed by atoms with Gasteiger partial charge in [-0.05, 0) is 47.4 Å². The Hall–Kier alpha value is -2.71. The van der Waals surface area contributed by atoms with E-state index in [9.17, 15) is 9.59 Å². The number of hydrogen-bond donors (Lipinski definition) is 3. The molecule has 2 aromatic carbocycles. The van der Waals surface area contributed by atoms with E-state index in [1.807, 2.05) is 24.3 Å². The smallest absolute Gasteiger partial charge is 0.251 e. The van der Waals surface area contributed by atoms with Crippen LogP contribution < -0.4 is 10.8 Å². The van der Waals surface area contributed by atoms with Gasteiger partial charge in [0, 0.05) is 24.1 Å². The van der Waals surface area contributed by atoms with Gasteiger partial charge in [-0.2, -0.15) is 0 Å². The predicted octanol–water partition coefficient (Wildman–Crippen LogP) is 3.41. The second kappa shape index (κ2) is 12.1. The molecule has 2 aromatic rings. The number of rotatable bonds is 11. The SMILES string of the molecule is C=C(c1ccc(Cl)cc1)c1ccc(C(=O)NC(CCC(=O)NO)COCOC)cc1. The molecule has 0 saturated heterocycles. The monoisotopic (exact) mass is 432 g/mol. The molecule has 8 heteroatoms. The Kier molecular flexibility index (Phi) is 9.50. The zero-order valence-electron chi connectivity index (χ0n) is 16.7. The average Bonchev–Trinajstić information content (AvgIpc) is 2.77. The zero-order chi connectivity index (χ0) is 21.9. The fourth-order valence-electron chi connectivity index (χ4n) is 2.74. The molecule has 30 heavy (non-hydrogen) atoms. The van der Waals surface area contributed by atoms with E-state index >= 15 is 0 Å². The maximum atomic E-state index is 12.6. The van der Waals surface area contributed by atoms with Crippen molar-refractivity contribution in [3.05, 3.63) is 76.8 Å². The molecule has 1 unspecified atom stereocenters. The number of benzene rings is 2. The topological polar surface area (TPSA) is 96.9 Å². The molecule has 0 spiro atoms. The van der Waals surface area contributed by atoms with E-state index in [1.54, 1.807) is 29.7 Å². The van der Waals surface area contributed by atoms with Gasteiger partial charge in [0.1, 0.15) is 6.79 Å². The molecule has 0 aliphatic carbocycles. The lowest BCUT2D eigenvalue weighted by Crippen LogP contribution is -2.39. The van der Waals surface area contributed by atoms with Crippen molar-refractivity contribution in [3.63, 3.8) is 0 Å². The zero-order valence-corrected chi connectivity index (χ0v) is 17.4. The van der Waals surface area contributed by atoms with E-state index in [2.05, 4.69) is 11.9 Å². The number of hydroxylamine groups is 1. The number of nitrogens with one attached hydrogen (secondary N) is 2. The third kappa shape index (κ3) is 7.27. The number of ether oxygens (including phenoxy) is 2. The van der Waals surface area contributed by atoms with Gasteiger partial charge in [-0.3, -0.25) is 14.8 Å². The van der Waals surface area contributed by atoms with E-state index in [1.165, 1.54) is 7.11 Å². The van der Waals surface area contributed by atoms with Crippen molar-refractivity contribution in [2.75, 3.05) is 20.5 Å². The highest BCUT2D eigenvalue weighted by molar-refractivity contribution is 6.30. The van der Waals surface area contributed by atoms with E-state index in [4.69, 9.17) is 26.3 Å². The number of hydrogen-bond acceptors (Lipinski definition) is 5. The summed E-state index contributed by atoms with van der Waals surface area (Å²) in [6, 6.07) is 14.0. The number of carbonyl (C=O) groups excluding carboxylic acids is 2. The molecule has 0 saturated carbocycles. The molecule has 0 heterocycles. The minimum Gasteiger partial charge on any atom is -0.359 e. The van der Waals surface area contributed by atoms with Crippen molar-refractivity contribution in [2.45, 2.75) is 18.9 Å². The van der Waals surface area contributed by atoms with Gasteiger partial charge >= 0.3 is 0 Å². The molecule has 7 nitrogen and oxygen atoms in total. The third-order valence-electron chi connectivity index (χ3n) is 4.39. The van der Waals surface area contributed by atoms with Crippen LogP contribution in [0.25, 0.3) is 5.57 Å². The number of halogens is 1. The summed E-state index contributed by atoms with van der Waals surface area (Å²) in [5.74, 6) is -0.833. The van der Waals surface area contributed by atoms with Crippen LogP contribution in [-0.4, -0.2) is 43.6 Å². The highest BCUT2D eigenvalue weighted by atomic mass is 35.5. The van der Waals surface area contributed by atoms with Crippen molar-refractivity contribution in [1.82, 2.24) is 10.8 Å². The normalized spacial score (nSPS) is 11.6. The molecule has 0 radical (unpaired) electrons. The van der Waals surface area contributed by atoms with Crippen LogP contribution in [0, 0.1) is 0 Å². The van der Waals surface area contributed by atoms with Crippen molar-refractivity contribution < 1.29 is 24.3 Å². The van der Waals surface area contributed by atoms with Crippen molar-refractivity contribution >= 4 is 29.0 Å². The molecule has 0 bridgehead atoms. The number of carbonyl (C=O) groups is 2. The average molecular weight is 433 g/mol. The first-order valence-electron chi connectivity index (χ1n) is 9.30. The molecule has 0 aliphatic rings. The van der Waals surface area contributed by atoms with Crippen LogP contribution in [0.2, 0.25) is 5.02 Å². The standard InChI is InChI=1S/C22H25ClN2O5/c1-15(17-7-9-19(23)10-8-17)16-3-5-18(6-4-16)22(27)24-20(13-30-14-29-2)11-12-21(26)25-28/h3-10,20,28H,1,11-14H2,2H3,(H,24,27)(H,25,26). The molecule has 2 amide bonds. The highest BCUT2D eigenvalue weighted by Gasteiger charge is 2.16. The van der Waals surface area contributed by atoms with Gasteiger partial charge in [0.15, 0.2) is 0 Å². The van der Waals surface area contributed by atoms with Crippen LogP contribution in [0.5, 0.6) is 0 Å². The quantitative estimate of drug-likeness (QED) is 0.219. The Morgan fingerprint density at radius 2 is 1.63 bits per heavy atom. The summed E-state index contributed by atoms with van der Waals surface area (Å²) in [6.45, 7) is 4.35. The summed E-state index contributed by atoms with van der Waals surface area (Å²) < 4.78 is 10.1. The first-order chi connectivity index (χ1) is 14.4. The van der Waals surface area contributed by atoms with Gasteiger partial charge < -0.3 is 14.8 Å². The lowest BCUT2D eigenvalue weighted by atomic mass is 9.98. The Balaban J connectivity index is 2.01. The molecule has 2 rings (SSSR count). The van der Waals surface area contributed by atoms with E-state index in [0.717, 1.165) is 16.7 Å². The Bertz CT molecular complexity index is 853. The molecule has 0 aromatic heterocycles. The fraction of sp³-hybridized carbons (Fsp3) is 0.273. The summed E-state index contributed by atoms with van der Waals surface area (Å²) in [5, 5.41) is 12.1. The summed E-state index contributed by atoms with van der Waals surface area (Å²) >= 11 is 5.92. The van der Waals surface area contributed by atoms with Crippen LogP contribution in [0.1, 0.15) is 34.3 Å². The molecule has 1 atom stereocenters. The summed E-state index contributed by atoms with van der Waals surface area (Å²) in [4.78, 5) is 23.9. The van der Waals surface area contributed by atoms with Gasteiger partial charge in [-0.1, -0.05) is 42.4 Å². The van der Waals surface area contributed by atoms with Crippen molar-refractivity contribution in [1.29, 1.82) is 0 Å². The second-order valence-corrected chi connectivity index (χ2v) is 7.02. The first kappa shape index (κ1) is 23.6. The lowest BCUT2D eigenvalue weighted by molar-refractivity contribution is -0.129. The predicted molar refractivity (Wildman–Crippen MR) is 114 cm³/mol. The van der Waals surface area contributed by atoms with Crippen LogP contribution in [0.3, 0.4) is 0 Å². The van der Waals surface area contributed by atoms with Gasteiger partial charge in [0.05, 0.1) is 12.6 Å². The molecule has 0 fully saturated rings. The van der Waals surface area contributed by atoms with Crippen molar-refractivity contribution in [2.24, 2.45) is 0 Å². The molecule has 160 valence electrons. The fourth-order valence-corrected chi connectivity index (χ4v) is 2.87. The minimum atomic E-state index is -0.536. The Labute approximate surface area is 180 Å². The second-order valence-electron chi connectivity index (χ2n) is 6.58. The third-order valence-corrected chi connectivity index (χ3v) is 4.64. The molecule has 0 aliphatic heterocycles. The summed E-state index contributed by atoms with van der Waals surface area (Å²) in [7, 11) is 1.49. The molecular weight excluding hydrogens is 408 g/mol. The largest absolute Gasteiger partial charge is 0.359 e. The Morgan fingerprint density at radius 3 is 2.20 bits per heavy atom. The van der Waals surface area contributed by atoms with Crippen molar-refractivity contribution in [3.8, 4) is 0 Å². The van der Waals surface area contributed by atoms with Crippen LogP contribution >= 0.6 is 11.6 Å².